The first-order valence-corrected chi connectivity index (χ1v) is 10.9. The number of carbonyl (C=O) groups is 2. The second kappa shape index (κ2) is 10.6. The number of halogens is 1. The van der Waals surface area contributed by atoms with Gasteiger partial charge in [0.2, 0.25) is 0 Å². The molecule has 1 heterocycles. The van der Waals surface area contributed by atoms with Gasteiger partial charge in [-0.15, -0.1) is 0 Å². The molecular formula is C23H27BrN2O4. The lowest BCUT2D eigenvalue weighted by Gasteiger charge is -2.26. The van der Waals surface area contributed by atoms with Crippen LogP contribution in [0.4, 0.5) is 5.69 Å². The molecule has 1 saturated heterocycles. The minimum Gasteiger partial charge on any atom is -0.492 e. The maximum atomic E-state index is 12.6. The van der Waals surface area contributed by atoms with Crippen molar-refractivity contribution >= 4 is 33.4 Å². The Balaban J connectivity index is 1.58. The Morgan fingerprint density at radius 3 is 2.40 bits per heavy atom. The van der Waals surface area contributed by atoms with Gasteiger partial charge in [-0.2, -0.15) is 0 Å². The smallest absolute Gasteiger partial charge is 0.255 e. The Bertz CT molecular complexity index is 877. The molecule has 1 aliphatic rings. The Morgan fingerprint density at radius 1 is 1.10 bits per heavy atom. The van der Waals surface area contributed by atoms with Crippen molar-refractivity contribution in [2.75, 3.05) is 38.2 Å². The fourth-order valence-electron chi connectivity index (χ4n) is 3.01. The van der Waals surface area contributed by atoms with Gasteiger partial charge in [-0.05, 0) is 70.7 Å². The van der Waals surface area contributed by atoms with Crippen molar-refractivity contribution in [3.63, 3.8) is 0 Å². The highest BCUT2D eigenvalue weighted by Crippen LogP contribution is 2.27. The quantitative estimate of drug-likeness (QED) is 0.636. The van der Waals surface area contributed by atoms with Crippen LogP contribution in [0.1, 0.15) is 41.0 Å². The molecule has 1 aliphatic heterocycles. The molecule has 6 nitrogen and oxygen atoms in total. The molecule has 1 fully saturated rings. The minimum absolute atomic E-state index is 0.0202. The molecule has 0 bridgehead atoms. The summed E-state index contributed by atoms with van der Waals surface area (Å²) in [6.07, 6.45) is 0.971. The lowest BCUT2D eigenvalue weighted by Crippen LogP contribution is -2.40. The first-order chi connectivity index (χ1) is 14.4. The first kappa shape index (κ1) is 22.3. The average Bonchev–Trinajstić information content (AvgIpc) is 2.75. The van der Waals surface area contributed by atoms with E-state index in [0.717, 1.165) is 16.6 Å². The van der Waals surface area contributed by atoms with Crippen molar-refractivity contribution in [2.45, 2.75) is 20.3 Å². The molecule has 2 amide bonds. The van der Waals surface area contributed by atoms with E-state index < -0.39 is 0 Å². The fourth-order valence-corrected chi connectivity index (χ4v) is 3.51. The van der Waals surface area contributed by atoms with Crippen LogP contribution in [-0.4, -0.2) is 49.6 Å². The number of amides is 2. The van der Waals surface area contributed by atoms with Crippen molar-refractivity contribution in [3.8, 4) is 5.75 Å². The van der Waals surface area contributed by atoms with Crippen LogP contribution in [0, 0.1) is 5.92 Å². The summed E-state index contributed by atoms with van der Waals surface area (Å²) in [7, 11) is 0. The second-order valence-corrected chi connectivity index (χ2v) is 8.47. The maximum absolute atomic E-state index is 12.6. The summed E-state index contributed by atoms with van der Waals surface area (Å²) in [5.41, 5.74) is 1.75. The average molecular weight is 475 g/mol. The summed E-state index contributed by atoms with van der Waals surface area (Å²) >= 11 is 3.48. The monoisotopic (exact) mass is 474 g/mol. The van der Waals surface area contributed by atoms with E-state index in [2.05, 4.69) is 35.1 Å². The van der Waals surface area contributed by atoms with Gasteiger partial charge in [0.05, 0.1) is 24.3 Å². The van der Waals surface area contributed by atoms with Crippen LogP contribution in [0.15, 0.2) is 46.9 Å². The van der Waals surface area contributed by atoms with Gasteiger partial charge in [-0.25, -0.2) is 0 Å². The zero-order chi connectivity index (χ0) is 21.5. The number of hydrogen-bond acceptors (Lipinski definition) is 4. The third-order valence-corrected chi connectivity index (χ3v) is 5.45. The SMILES string of the molecule is CC(C)CCOc1ccc(C(=O)Nc2ccc(C(=O)N3CCOCC3)cc2)cc1Br. The molecule has 0 spiro atoms. The number of carbonyl (C=O) groups excluding carboxylic acids is 2. The molecule has 0 aromatic heterocycles. The third-order valence-electron chi connectivity index (χ3n) is 4.83. The minimum atomic E-state index is -0.225. The summed E-state index contributed by atoms with van der Waals surface area (Å²) in [5.74, 6) is 1.05. The Morgan fingerprint density at radius 2 is 1.77 bits per heavy atom. The number of ether oxygens (including phenoxy) is 2. The van der Waals surface area contributed by atoms with Crippen LogP contribution in [-0.2, 0) is 4.74 Å². The summed E-state index contributed by atoms with van der Waals surface area (Å²) in [6, 6.07) is 12.2. The zero-order valence-corrected chi connectivity index (χ0v) is 18.9. The summed E-state index contributed by atoms with van der Waals surface area (Å²) in [4.78, 5) is 26.9. The van der Waals surface area contributed by atoms with Gasteiger partial charge in [0.25, 0.3) is 11.8 Å². The van der Waals surface area contributed by atoms with E-state index in [-0.39, 0.29) is 11.8 Å². The highest BCUT2D eigenvalue weighted by Gasteiger charge is 2.18. The number of nitrogens with one attached hydrogen (secondary N) is 1. The summed E-state index contributed by atoms with van der Waals surface area (Å²) < 4.78 is 11.8. The van der Waals surface area contributed by atoms with E-state index in [0.29, 0.717) is 55.6 Å². The Hall–Kier alpha value is -2.38. The molecule has 0 unspecified atom stereocenters. The predicted octanol–water partition coefficient (Wildman–Crippen LogP) is 4.60. The highest BCUT2D eigenvalue weighted by molar-refractivity contribution is 9.10. The number of benzene rings is 2. The summed E-state index contributed by atoms with van der Waals surface area (Å²) in [6.45, 7) is 7.27. The number of morpholine rings is 1. The molecule has 0 radical (unpaired) electrons. The molecule has 2 aromatic rings. The number of rotatable bonds is 7. The topological polar surface area (TPSA) is 67.9 Å². The van der Waals surface area contributed by atoms with Crippen molar-refractivity contribution in [2.24, 2.45) is 5.92 Å². The molecule has 1 N–H and O–H groups in total. The van der Waals surface area contributed by atoms with Gasteiger partial charge >= 0.3 is 0 Å². The van der Waals surface area contributed by atoms with Gasteiger partial charge in [-0.1, -0.05) is 13.8 Å². The van der Waals surface area contributed by atoms with Gasteiger partial charge in [0, 0.05) is 29.9 Å². The van der Waals surface area contributed by atoms with E-state index in [1.807, 2.05) is 0 Å². The van der Waals surface area contributed by atoms with E-state index in [1.54, 1.807) is 47.4 Å². The van der Waals surface area contributed by atoms with E-state index in [9.17, 15) is 9.59 Å². The van der Waals surface area contributed by atoms with E-state index in [1.165, 1.54) is 0 Å². The molecule has 2 aromatic carbocycles. The fraction of sp³-hybridized carbons (Fsp3) is 0.391. The summed E-state index contributed by atoms with van der Waals surface area (Å²) in [5, 5.41) is 2.86. The van der Waals surface area contributed by atoms with Gasteiger partial charge in [-0.3, -0.25) is 9.59 Å². The number of hydrogen-bond donors (Lipinski definition) is 1. The molecule has 0 aliphatic carbocycles. The lowest BCUT2D eigenvalue weighted by atomic mass is 10.1. The van der Waals surface area contributed by atoms with Crippen LogP contribution < -0.4 is 10.1 Å². The van der Waals surface area contributed by atoms with Gasteiger partial charge < -0.3 is 19.7 Å². The van der Waals surface area contributed by atoms with Crippen LogP contribution in [0.2, 0.25) is 0 Å². The Labute approximate surface area is 185 Å². The van der Waals surface area contributed by atoms with E-state index in [4.69, 9.17) is 9.47 Å². The highest BCUT2D eigenvalue weighted by atomic mass is 79.9. The predicted molar refractivity (Wildman–Crippen MR) is 120 cm³/mol. The Kier molecular flexibility index (Phi) is 7.87. The van der Waals surface area contributed by atoms with Crippen LogP contribution >= 0.6 is 15.9 Å². The van der Waals surface area contributed by atoms with Crippen molar-refractivity contribution < 1.29 is 19.1 Å². The number of anilines is 1. The molecule has 30 heavy (non-hydrogen) atoms. The standard InChI is InChI=1S/C23H27BrN2O4/c1-16(2)9-12-30-21-8-5-18(15-20(21)24)22(27)25-19-6-3-17(4-7-19)23(28)26-10-13-29-14-11-26/h3-8,15-16H,9-14H2,1-2H3,(H,25,27). The lowest BCUT2D eigenvalue weighted by molar-refractivity contribution is 0.0303. The van der Waals surface area contributed by atoms with Crippen molar-refractivity contribution in [1.29, 1.82) is 0 Å². The van der Waals surface area contributed by atoms with Crippen LogP contribution in [0.3, 0.4) is 0 Å². The number of nitrogens with zero attached hydrogens (tertiary/aromatic N) is 1. The van der Waals surface area contributed by atoms with E-state index >= 15 is 0 Å². The van der Waals surface area contributed by atoms with Gasteiger partial charge in [0.1, 0.15) is 5.75 Å². The van der Waals surface area contributed by atoms with Gasteiger partial charge in [0.15, 0.2) is 0 Å². The molecule has 160 valence electrons. The largest absolute Gasteiger partial charge is 0.492 e. The maximum Gasteiger partial charge on any atom is 0.255 e. The van der Waals surface area contributed by atoms with Crippen molar-refractivity contribution in [3.05, 3.63) is 58.1 Å². The second-order valence-electron chi connectivity index (χ2n) is 7.61. The van der Waals surface area contributed by atoms with Crippen LogP contribution in [0.5, 0.6) is 5.75 Å². The third kappa shape index (κ3) is 6.06. The van der Waals surface area contributed by atoms with Crippen LogP contribution in [0.25, 0.3) is 0 Å². The molecule has 0 atom stereocenters. The normalized spacial score (nSPS) is 13.9. The molecule has 3 rings (SSSR count). The molecule has 7 heteroatoms. The first-order valence-electron chi connectivity index (χ1n) is 10.1. The molecule has 0 saturated carbocycles. The van der Waals surface area contributed by atoms with Crippen molar-refractivity contribution in [1.82, 2.24) is 4.90 Å². The zero-order valence-electron chi connectivity index (χ0n) is 17.3. The molecular weight excluding hydrogens is 448 g/mol.